The van der Waals surface area contributed by atoms with Gasteiger partial charge in [-0.3, -0.25) is 9.36 Å². The van der Waals surface area contributed by atoms with Gasteiger partial charge in [0.1, 0.15) is 0 Å². The number of hydrogen-bond acceptors (Lipinski definition) is 3. The van der Waals surface area contributed by atoms with E-state index in [-0.39, 0.29) is 5.91 Å². The maximum atomic E-state index is 11.3. The zero-order chi connectivity index (χ0) is 14.1. The molecular weight excluding hydrogens is 276 g/mol. The van der Waals surface area contributed by atoms with E-state index >= 15 is 0 Å². The number of carbonyl (C=O) groups excluding carboxylic acids is 1. The SMILES string of the molecule is CC(=O)Nc1cn(-c2ncccn2)c2cccc(Cl)c12. The Labute approximate surface area is 120 Å². The molecule has 6 heteroatoms. The normalized spacial score (nSPS) is 10.7. The quantitative estimate of drug-likeness (QED) is 0.788. The van der Waals surface area contributed by atoms with Crippen LogP contribution in [0.2, 0.25) is 5.02 Å². The molecule has 0 unspecified atom stereocenters. The van der Waals surface area contributed by atoms with Gasteiger partial charge in [-0.15, -0.1) is 0 Å². The van der Waals surface area contributed by atoms with Crippen molar-refractivity contribution >= 4 is 34.1 Å². The molecule has 20 heavy (non-hydrogen) atoms. The summed E-state index contributed by atoms with van der Waals surface area (Å²) in [6.07, 6.45) is 5.10. The van der Waals surface area contributed by atoms with Crippen LogP contribution in [0.4, 0.5) is 5.69 Å². The largest absolute Gasteiger partial charge is 0.324 e. The molecule has 1 amide bonds. The number of benzene rings is 1. The van der Waals surface area contributed by atoms with E-state index in [2.05, 4.69) is 15.3 Å². The highest BCUT2D eigenvalue weighted by Gasteiger charge is 2.14. The number of nitrogens with one attached hydrogen (secondary N) is 1. The molecule has 0 aliphatic rings. The minimum Gasteiger partial charge on any atom is -0.324 e. The van der Waals surface area contributed by atoms with E-state index in [1.54, 1.807) is 35.3 Å². The van der Waals surface area contributed by atoms with Gasteiger partial charge in [0.2, 0.25) is 11.9 Å². The molecular formula is C14H11ClN4O. The third-order valence-electron chi connectivity index (χ3n) is 2.86. The smallest absolute Gasteiger partial charge is 0.234 e. The van der Waals surface area contributed by atoms with Crippen LogP contribution in [-0.2, 0) is 4.79 Å². The average molecular weight is 287 g/mol. The van der Waals surface area contributed by atoms with Crippen molar-refractivity contribution < 1.29 is 4.79 Å². The molecule has 0 saturated heterocycles. The first-order valence-corrected chi connectivity index (χ1v) is 6.39. The standard InChI is InChI=1S/C14H11ClN4O/c1-9(20)18-11-8-19(14-16-6-3-7-17-14)12-5-2-4-10(15)13(11)12/h2-8H,1H3,(H,18,20). The molecule has 0 bridgehead atoms. The van der Waals surface area contributed by atoms with Crippen molar-refractivity contribution in [2.24, 2.45) is 0 Å². The van der Waals surface area contributed by atoms with Crippen molar-refractivity contribution in [3.8, 4) is 5.95 Å². The van der Waals surface area contributed by atoms with Gasteiger partial charge in [0.15, 0.2) is 0 Å². The van der Waals surface area contributed by atoms with Gasteiger partial charge in [0, 0.05) is 30.9 Å². The molecule has 2 aromatic heterocycles. The van der Waals surface area contributed by atoms with Crippen molar-refractivity contribution in [3.63, 3.8) is 0 Å². The monoisotopic (exact) mass is 286 g/mol. The Bertz CT molecular complexity index is 782. The number of aromatic nitrogens is 3. The summed E-state index contributed by atoms with van der Waals surface area (Å²) < 4.78 is 1.80. The van der Waals surface area contributed by atoms with Gasteiger partial charge in [-0.2, -0.15) is 0 Å². The lowest BCUT2D eigenvalue weighted by Gasteiger charge is -2.02. The van der Waals surface area contributed by atoms with Gasteiger partial charge in [-0.25, -0.2) is 9.97 Å². The van der Waals surface area contributed by atoms with E-state index in [1.807, 2.05) is 12.1 Å². The van der Waals surface area contributed by atoms with E-state index in [4.69, 9.17) is 11.6 Å². The molecule has 100 valence electrons. The predicted octanol–water partition coefficient (Wildman–Crippen LogP) is 3.03. The third-order valence-corrected chi connectivity index (χ3v) is 3.17. The Kier molecular flexibility index (Phi) is 3.12. The molecule has 0 fully saturated rings. The highest BCUT2D eigenvalue weighted by atomic mass is 35.5. The van der Waals surface area contributed by atoms with Crippen molar-refractivity contribution in [2.45, 2.75) is 6.92 Å². The number of nitrogens with zero attached hydrogens (tertiary/aromatic N) is 3. The number of hydrogen-bond donors (Lipinski definition) is 1. The van der Waals surface area contributed by atoms with Crippen LogP contribution in [0.15, 0.2) is 42.9 Å². The van der Waals surface area contributed by atoms with Gasteiger partial charge in [0.25, 0.3) is 0 Å². The molecule has 1 N–H and O–H groups in total. The van der Waals surface area contributed by atoms with Crippen LogP contribution in [0.25, 0.3) is 16.9 Å². The van der Waals surface area contributed by atoms with Crippen LogP contribution in [0.1, 0.15) is 6.92 Å². The maximum absolute atomic E-state index is 11.3. The number of rotatable bonds is 2. The van der Waals surface area contributed by atoms with Crippen molar-refractivity contribution in [1.82, 2.24) is 14.5 Å². The van der Waals surface area contributed by atoms with Crippen LogP contribution in [0.5, 0.6) is 0 Å². The first-order chi connectivity index (χ1) is 9.66. The minimum atomic E-state index is -0.155. The third kappa shape index (κ3) is 2.12. The summed E-state index contributed by atoms with van der Waals surface area (Å²) in [5, 5.41) is 4.12. The Morgan fingerprint density at radius 1 is 1.25 bits per heavy atom. The molecule has 0 atom stereocenters. The first kappa shape index (κ1) is 12.6. The maximum Gasteiger partial charge on any atom is 0.234 e. The highest BCUT2D eigenvalue weighted by Crippen LogP contribution is 2.33. The molecule has 0 saturated carbocycles. The Balaban J connectivity index is 2.29. The van der Waals surface area contributed by atoms with E-state index in [9.17, 15) is 4.79 Å². The second kappa shape index (κ2) is 4.94. The summed E-state index contributed by atoms with van der Waals surface area (Å²) in [5.74, 6) is 0.370. The number of fused-ring (bicyclic) bond motifs is 1. The van der Waals surface area contributed by atoms with Crippen LogP contribution in [-0.4, -0.2) is 20.4 Å². The zero-order valence-corrected chi connectivity index (χ0v) is 11.4. The van der Waals surface area contributed by atoms with Crippen LogP contribution in [0, 0.1) is 0 Å². The summed E-state index contributed by atoms with van der Waals surface area (Å²) in [7, 11) is 0. The van der Waals surface area contributed by atoms with E-state index in [0.717, 1.165) is 10.9 Å². The summed E-state index contributed by atoms with van der Waals surface area (Å²) in [6.45, 7) is 1.46. The van der Waals surface area contributed by atoms with Gasteiger partial charge in [0.05, 0.1) is 16.2 Å². The van der Waals surface area contributed by atoms with Crippen molar-refractivity contribution in [2.75, 3.05) is 5.32 Å². The van der Waals surface area contributed by atoms with Gasteiger partial charge in [-0.1, -0.05) is 17.7 Å². The first-order valence-electron chi connectivity index (χ1n) is 6.01. The number of carbonyl (C=O) groups is 1. The molecule has 0 aliphatic carbocycles. The average Bonchev–Trinajstić information content (AvgIpc) is 2.79. The fourth-order valence-corrected chi connectivity index (χ4v) is 2.38. The number of amides is 1. The lowest BCUT2D eigenvalue weighted by molar-refractivity contribution is -0.114. The lowest BCUT2D eigenvalue weighted by atomic mass is 10.2. The molecule has 2 heterocycles. The zero-order valence-electron chi connectivity index (χ0n) is 10.7. The molecule has 0 aliphatic heterocycles. The fraction of sp³-hybridized carbons (Fsp3) is 0.0714. The van der Waals surface area contributed by atoms with Crippen molar-refractivity contribution in [3.05, 3.63) is 47.9 Å². The fourth-order valence-electron chi connectivity index (χ4n) is 2.11. The van der Waals surface area contributed by atoms with Crippen LogP contribution >= 0.6 is 11.6 Å². The van der Waals surface area contributed by atoms with E-state index in [1.165, 1.54) is 6.92 Å². The summed E-state index contributed by atoms with van der Waals surface area (Å²) in [5.41, 5.74) is 1.48. The summed E-state index contributed by atoms with van der Waals surface area (Å²) in [6, 6.07) is 7.28. The lowest BCUT2D eigenvalue weighted by Crippen LogP contribution is -2.05. The second-order valence-corrected chi connectivity index (χ2v) is 4.68. The molecule has 0 spiro atoms. The van der Waals surface area contributed by atoms with Crippen LogP contribution in [0.3, 0.4) is 0 Å². The summed E-state index contributed by atoms with van der Waals surface area (Å²) >= 11 is 6.24. The minimum absolute atomic E-state index is 0.155. The predicted molar refractivity (Wildman–Crippen MR) is 78.2 cm³/mol. The molecule has 3 rings (SSSR count). The highest BCUT2D eigenvalue weighted by molar-refractivity contribution is 6.36. The summed E-state index contributed by atoms with van der Waals surface area (Å²) in [4.78, 5) is 19.8. The van der Waals surface area contributed by atoms with Crippen molar-refractivity contribution in [1.29, 1.82) is 0 Å². The topological polar surface area (TPSA) is 59.8 Å². The van der Waals surface area contributed by atoms with E-state index in [0.29, 0.717) is 16.7 Å². The Morgan fingerprint density at radius 2 is 2.00 bits per heavy atom. The second-order valence-electron chi connectivity index (χ2n) is 4.28. The Hall–Kier alpha value is -2.40. The van der Waals surface area contributed by atoms with Gasteiger partial charge >= 0.3 is 0 Å². The molecule has 5 nitrogen and oxygen atoms in total. The molecule has 0 radical (unpaired) electrons. The van der Waals surface area contributed by atoms with Gasteiger partial charge < -0.3 is 5.32 Å². The van der Waals surface area contributed by atoms with Gasteiger partial charge in [-0.05, 0) is 18.2 Å². The molecule has 3 aromatic rings. The number of halogens is 1. The van der Waals surface area contributed by atoms with E-state index < -0.39 is 0 Å². The Morgan fingerprint density at radius 3 is 2.70 bits per heavy atom. The van der Waals surface area contributed by atoms with Crippen LogP contribution < -0.4 is 5.32 Å². The number of anilines is 1. The molecule has 1 aromatic carbocycles.